The van der Waals surface area contributed by atoms with Crippen molar-refractivity contribution >= 4 is 5.78 Å². The Labute approximate surface area is 101 Å². The van der Waals surface area contributed by atoms with Gasteiger partial charge in [0.15, 0.2) is 5.78 Å². The molecule has 0 aliphatic carbocycles. The molecule has 0 aliphatic rings. The van der Waals surface area contributed by atoms with Crippen molar-refractivity contribution in [3.05, 3.63) is 35.4 Å². The van der Waals surface area contributed by atoms with Crippen LogP contribution in [0.3, 0.4) is 0 Å². The van der Waals surface area contributed by atoms with Gasteiger partial charge >= 0.3 is 0 Å². The van der Waals surface area contributed by atoms with Crippen LogP contribution in [0, 0.1) is 0 Å². The number of rotatable bonds is 6. The van der Waals surface area contributed by atoms with E-state index in [9.17, 15) is 15.0 Å². The predicted octanol–water partition coefficient (Wildman–Crippen LogP) is 0.893. The summed E-state index contributed by atoms with van der Waals surface area (Å²) in [6, 6.07) is 6.66. The number of nitrogens with one attached hydrogen (secondary N) is 1. The molecular weight excluding hydrogens is 218 g/mol. The van der Waals surface area contributed by atoms with Gasteiger partial charge in [0, 0.05) is 5.56 Å². The third-order valence-electron chi connectivity index (χ3n) is 2.71. The van der Waals surface area contributed by atoms with Gasteiger partial charge in [0.2, 0.25) is 0 Å². The van der Waals surface area contributed by atoms with Gasteiger partial charge in [-0.3, -0.25) is 4.79 Å². The number of ketones is 1. The standard InChI is InChI=1S/C13H19NO3/c1-9(15)10-3-5-11(6-4-10)13(17)12(16)7-8-14-2/h3-6,12-14,16-17H,7-8H2,1-2H3. The Hall–Kier alpha value is -1.23. The van der Waals surface area contributed by atoms with E-state index in [1.807, 2.05) is 0 Å². The van der Waals surface area contributed by atoms with E-state index < -0.39 is 12.2 Å². The maximum absolute atomic E-state index is 11.1. The zero-order valence-corrected chi connectivity index (χ0v) is 10.2. The molecule has 0 spiro atoms. The summed E-state index contributed by atoms with van der Waals surface area (Å²) in [5.74, 6) is -0.0122. The molecule has 0 bridgehead atoms. The van der Waals surface area contributed by atoms with Crippen LogP contribution in [0.4, 0.5) is 0 Å². The van der Waals surface area contributed by atoms with Gasteiger partial charge in [0.1, 0.15) is 6.10 Å². The van der Waals surface area contributed by atoms with Crippen LogP contribution in [0.15, 0.2) is 24.3 Å². The fraction of sp³-hybridized carbons (Fsp3) is 0.462. The topological polar surface area (TPSA) is 69.6 Å². The van der Waals surface area contributed by atoms with E-state index in [2.05, 4.69) is 5.32 Å². The lowest BCUT2D eigenvalue weighted by atomic mass is 10.00. The summed E-state index contributed by atoms with van der Waals surface area (Å²) in [5.41, 5.74) is 1.23. The predicted molar refractivity (Wildman–Crippen MR) is 66.0 cm³/mol. The zero-order chi connectivity index (χ0) is 12.8. The highest BCUT2D eigenvalue weighted by atomic mass is 16.3. The minimum absolute atomic E-state index is 0.0122. The number of Topliss-reactive ketones (excluding diaryl/α,β-unsaturated/α-hetero) is 1. The van der Waals surface area contributed by atoms with E-state index in [0.29, 0.717) is 24.1 Å². The van der Waals surface area contributed by atoms with Crippen molar-refractivity contribution in [2.24, 2.45) is 0 Å². The number of carbonyl (C=O) groups is 1. The highest BCUT2D eigenvalue weighted by Crippen LogP contribution is 2.19. The third-order valence-corrected chi connectivity index (χ3v) is 2.71. The normalized spacial score (nSPS) is 14.4. The largest absolute Gasteiger partial charge is 0.390 e. The maximum Gasteiger partial charge on any atom is 0.159 e. The lowest BCUT2D eigenvalue weighted by Crippen LogP contribution is -2.23. The molecule has 2 unspecified atom stereocenters. The zero-order valence-electron chi connectivity index (χ0n) is 10.2. The van der Waals surface area contributed by atoms with Crippen LogP contribution in [0.2, 0.25) is 0 Å². The Morgan fingerprint density at radius 3 is 2.35 bits per heavy atom. The molecule has 4 heteroatoms. The molecule has 0 saturated carbocycles. The minimum Gasteiger partial charge on any atom is -0.390 e. The summed E-state index contributed by atoms with van der Waals surface area (Å²) >= 11 is 0. The summed E-state index contributed by atoms with van der Waals surface area (Å²) in [6.07, 6.45) is -1.23. The molecular formula is C13H19NO3. The fourth-order valence-electron chi connectivity index (χ4n) is 1.59. The molecule has 0 radical (unpaired) electrons. The first-order valence-electron chi connectivity index (χ1n) is 5.68. The maximum atomic E-state index is 11.1. The fourth-order valence-corrected chi connectivity index (χ4v) is 1.59. The highest BCUT2D eigenvalue weighted by molar-refractivity contribution is 5.94. The van der Waals surface area contributed by atoms with Crippen molar-refractivity contribution < 1.29 is 15.0 Å². The molecule has 0 saturated heterocycles. The van der Waals surface area contributed by atoms with Crippen LogP contribution < -0.4 is 5.32 Å². The Kier molecular flexibility index (Phi) is 5.28. The van der Waals surface area contributed by atoms with Crippen molar-refractivity contribution in [1.29, 1.82) is 0 Å². The van der Waals surface area contributed by atoms with Crippen LogP contribution in [0.5, 0.6) is 0 Å². The first-order valence-corrected chi connectivity index (χ1v) is 5.68. The lowest BCUT2D eigenvalue weighted by Gasteiger charge is -2.18. The number of aliphatic hydroxyl groups is 2. The molecule has 1 aromatic carbocycles. The van der Waals surface area contributed by atoms with E-state index >= 15 is 0 Å². The van der Waals surface area contributed by atoms with Crippen molar-refractivity contribution in [3.63, 3.8) is 0 Å². The molecule has 0 aliphatic heterocycles. The van der Waals surface area contributed by atoms with Crippen LogP contribution in [0.25, 0.3) is 0 Å². The van der Waals surface area contributed by atoms with E-state index in [1.165, 1.54) is 6.92 Å². The van der Waals surface area contributed by atoms with Crippen LogP contribution in [0.1, 0.15) is 35.4 Å². The summed E-state index contributed by atoms with van der Waals surface area (Å²) < 4.78 is 0. The molecule has 0 fully saturated rings. The number of benzene rings is 1. The molecule has 94 valence electrons. The second-order valence-corrected chi connectivity index (χ2v) is 4.08. The van der Waals surface area contributed by atoms with Crippen LogP contribution in [-0.2, 0) is 0 Å². The Morgan fingerprint density at radius 2 is 1.88 bits per heavy atom. The van der Waals surface area contributed by atoms with Gasteiger partial charge in [-0.25, -0.2) is 0 Å². The molecule has 3 N–H and O–H groups in total. The van der Waals surface area contributed by atoms with E-state index in [1.54, 1.807) is 31.3 Å². The van der Waals surface area contributed by atoms with Crippen molar-refractivity contribution in [3.8, 4) is 0 Å². The van der Waals surface area contributed by atoms with Crippen molar-refractivity contribution in [2.75, 3.05) is 13.6 Å². The molecule has 17 heavy (non-hydrogen) atoms. The average molecular weight is 237 g/mol. The van der Waals surface area contributed by atoms with E-state index in [0.717, 1.165) is 0 Å². The number of hydrogen-bond donors (Lipinski definition) is 3. The summed E-state index contributed by atoms with van der Waals surface area (Å²) in [4.78, 5) is 11.1. The van der Waals surface area contributed by atoms with Gasteiger partial charge in [-0.05, 0) is 32.5 Å². The Balaban J connectivity index is 2.68. The van der Waals surface area contributed by atoms with Gasteiger partial charge in [0.05, 0.1) is 6.10 Å². The first-order chi connectivity index (χ1) is 8.06. The Bertz CT molecular complexity index is 361. The van der Waals surface area contributed by atoms with Crippen LogP contribution in [-0.4, -0.2) is 35.7 Å². The first kappa shape index (κ1) is 13.8. The van der Waals surface area contributed by atoms with Gasteiger partial charge in [-0.15, -0.1) is 0 Å². The monoisotopic (exact) mass is 237 g/mol. The molecule has 0 amide bonds. The Morgan fingerprint density at radius 1 is 1.29 bits per heavy atom. The lowest BCUT2D eigenvalue weighted by molar-refractivity contribution is 0.0140. The second-order valence-electron chi connectivity index (χ2n) is 4.08. The van der Waals surface area contributed by atoms with Gasteiger partial charge in [-0.2, -0.15) is 0 Å². The van der Waals surface area contributed by atoms with E-state index in [4.69, 9.17) is 0 Å². The number of carbonyl (C=O) groups excluding carboxylic acids is 1. The smallest absolute Gasteiger partial charge is 0.159 e. The molecule has 1 aromatic rings. The summed E-state index contributed by atoms with van der Waals surface area (Å²) in [7, 11) is 1.79. The second kappa shape index (κ2) is 6.49. The summed E-state index contributed by atoms with van der Waals surface area (Å²) in [6.45, 7) is 2.14. The van der Waals surface area contributed by atoms with E-state index in [-0.39, 0.29) is 5.78 Å². The van der Waals surface area contributed by atoms with Gasteiger partial charge in [0.25, 0.3) is 0 Å². The van der Waals surface area contributed by atoms with Crippen LogP contribution >= 0.6 is 0 Å². The number of aliphatic hydroxyl groups excluding tert-OH is 2. The quantitative estimate of drug-likeness (QED) is 0.643. The SMILES string of the molecule is CNCCC(O)C(O)c1ccc(C(C)=O)cc1. The van der Waals surface area contributed by atoms with Gasteiger partial charge in [-0.1, -0.05) is 24.3 Å². The molecule has 0 aromatic heterocycles. The van der Waals surface area contributed by atoms with Crippen molar-refractivity contribution in [1.82, 2.24) is 5.32 Å². The molecule has 4 nitrogen and oxygen atoms in total. The third kappa shape index (κ3) is 3.93. The summed E-state index contributed by atoms with van der Waals surface area (Å²) in [5, 5.41) is 22.5. The van der Waals surface area contributed by atoms with Gasteiger partial charge < -0.3 is 15.5 Å². The van der Waals surface area contributed by atoms with Crippen molar-refractivity contribution in [2.45, 2.75) is 25.6 Å². The average Bonchev–Trinajstić information content (AvgIpc) is 2.35. The molecule has 0 heterocycles. The molecule has 1 rings (SSSR count). The molecule has 2 atom stereocenters. The number of hydrogen-bond acceptors (Lipinski definition) is 4. The minimum atomic E-state index is -0.913. The highest BCUT2D eigenvalue weighted by Gasteiger charge is 2.17.